The van der Waals surface area contributed by atoms with Gasteiger partial charge in [0.15, 0.2) is 11.5 Å². The molecule has 1 aromatic carbocycles. The molecule has 0 atom stereocenters. The number of rotatable bonds is 5. The van der Waals surface area contributed by atoms with Crippen LogP contribution in [-0.2, 0) is 0 Å². The molecule has 0 unspecified atom stereocenters. The maximum absolute atomic E-state index is 12.0. The van der Waals surface area contributed by atoms with Gasteiger partial charge in [-0.25, -0.2) is 0 Å². The van der Waals surface area contributed by atoms with Gasteiger partial charge in [-0.15, -0.1) is 0 Å². The molecule has 0 aliphatic heterocycles. The predicted molar refractivity (Wildman–Crippen MR) is 96.0 cm³/mol. The summed E-state index contributed by atoms with van der Waals surface area (Å²) in [5, 5.41) is 9.34. The first kappa shape index (κ1) is 17.1. The van der Waals surface area contributed by atoms with Crippen LogP contribution in [0.3, 0.4) is 0 Å². The van der Waals surface area contributed by atoms with Gasteiger partial charge in [0, 0.05) is 11.3 Å². The third-order valence-corrected chi connectivity index (χ3v) is 4.43. The fourth-order valence-electron chi connectivity index (χ4n) is 3.25. The Labute approximate surface area is 147 Å². The molecule has 0 spiro atoms. The zero-order valence-corrected chi connectivity index (χ0v) is 14.6. The first-order chi connectivity index (χ1) is 12.1. The zero-order valence-electron chi connectivity index (χ0n) is 14.6. The Morgan fingerprint density at radius 2 is 2.00 bits per heavy atom. The minimum absolute atomic E-state index is 0.109. The predicted octanol–water partition coefficient (Wildman–Crippen LogP) is 3.94. The minimum Gasteiger partial charge on any atom is -0.490 e. The van der Waals surface area contributed by atoms with Gasteiger partial charge < -0.3 is 14.5 Å². The highest BCUT2D eigenvalue weighted by molar-refractivity contribution is 5.72. The van der Waals surface area contributed by atoms with Crippen molar-refractivity contribution in [1.29, 1.82) is 5.26 Å². The van der Waals surface area contributed by atoms with Crippen molar-refractivity contribution >= 4 is 0 Å². The summed E-state index contributed by atoms with van der Waals surface area (Å²) >= 11 is 0. The Morgan fingerprint density at radius 1 is 1.24 bits per heavy atom. The van der Waals surface area contributed by atoms with Gasteiger partial charge in [0.2, 0.25) is 0 Å². The zero-order chi connectivity index (χ0) is 17.8. The Kier molecular flexibility index (Phi) is 5.08. The minimum atomic E-state index is -0.373. The van der Waals surface area contributed by atoms with Crippen molar-refractivity contribution in [1.82, 2.24) is 4.98 Å². The number of pyridine rings is 1. The Morgan fingerprint density at radius 3 is 2.68 bits per heavy atom. The van der Waals surface area contributed by atoms with E-state index in [4.69, 9.17) is 9.47 Å². The molecule has 2 aromatic rings. The van der Waals surface area contributed by atoms with Crippen LogP contribution in [0, 0.1) is 18.3 Å². The summed E-state index contributed by atoms with van der Waals surface area (Å²) in [6.45, 7) is 4.24. The van der Waals surface area contributed by atoms with E-state index in [1.165, 1.54) is 12.8 Å². The molecule has 0 saturated heterocycles. The number of nitrogens with one attached hydrogen (secondary N) is 1. The lowest BCUT2D eigenvalue weighted by Gasteiger charge is -2.17. The van der Waals surface area contributed by atoms with Crippen molar-refractivity contribution in [2.24, 2.45) is 0 Å². The molecule has 1 fully saturated rings. The highest BCUT2D eigenvalue weighted by atomic mass is 16.5. The molecule has 1 saturated carbocycles. The number of ether oxygens (including phenoxy) is 2. The van der Waals surface area contributed by atoms with Gasteiger partial charge >= 0.3 is 0 Å². The molecule has 1 aromatic heterocycles. The number of aromatic nitrogens is 1. The summed E-state index contributed by atoms with van der Waals surface area (Å²) in [6.07, 6.45) is 4.77. The summed E-state index contributed by atoms with van der Waals surface area (Å²) < 4.78 is 11.8. The highest BCUT2D eigenvalue weighted by Gasteiger charge is 2.19. The van der Waals surface area contributed by atoms with Crippen LogP contribution in [0.25, 0.3) is 11.1 Å². The van der Waals surface area contributed by atoms with Gasteiger partial charge in [-0.3, -0.25) is 4.79 Å². The summed E-state index contributed by atoms with van der Waals surface area (Å²) in [5.74, 6) is 1.37. The largest absolute Gasteiger partial charge is 0.490 e. The van der Waals surface area contributed by atoms with E-state index >= 15 is 0 Å². The number of nitrogens with zero attached hydrogens (tertiary/aromatic N) is 1. The lowest BCUT2D eigenvalue weighted by atomic mass is 10.0. The highest BCUT2D eigenvalue weighted by Crippen LogP contribution is 2.36. The third-order valence-electron chi connectivity index (χ3n) is 4.43. The van der Waals surface area contributed by atoms with Crippen molar-refractivity contribution < 1.29 is 9.47 Å². The number of H-pyrrole nitrogens is 1. The van der Waals surface area contributed by atoms with Gasteiger partial charge in [0.05, 0.1) is 12.7 Å². The van der Waals surface area contributed by atoms with Gasteiger partial charge in [-0.2, -0.15) is 5.26 Å². The number of aromatic amines is 1. The van der Waals surface area contributed by atoms with E-state index in [-0.39, 0.29) is 17.2 Å². The van der Waals surface area contributed by atoms with Gasteiger partial charge in [0.25, 0.3) is 5.56 Å². The summed E-state index contributed by atoms with van der Waals surface area (Å²) in [7, 11) is 0. The molecule has 0 amide bonds. The van der Waals surface area contributed by atoms with Crippen LogP contribution in [0.2, 0.25) is 0 Å². The van der Waals surface area contributed by atoms with E-state index < -0.39 is 0 Å². The molecule has 3 rings (SSSR count). The van der Waals surface area contributed by atoms with Gasteiger partial charge in [-0.1, -0.05) is 6.07 Å². The second kappa shape index (κ2) is 7.43. The van der Waals surface area contributed by atoms with E-state index in [0.29, 0.717) is 23.6 Å². The smallest absolute Gasteiger partial charge is 0.266 e. The van der Waals surface area contributed by atoms with Crippen LogP contribution in [0.1, 0.15) is 43.9 Å². The maximum atomic E-state index is 12.0. The summed E-state index contributed by atoms with van der Waals surface area (Å²) in [4.78, 5) is 14.7. The standard InChI is InChI=1S/C20H22N2O3/c1-3-24-19-11-14(8-9-18(19)25-15-6-4-5-7-15)16-10-13(2)22-20(23)17(16)12-21/h8-11,15H,3-7H2,1-2H3,(H,22,23). The van der Waals surface area contributed by atoms with Crippen LogP contribution < -0.4 is 15.0 Å². The molecule has 5 nitrogen and oxygen atoms in total. The fraction of sp³-hybridized carbons (Fsp3) is 0.400. The molecule has 5 heteroatoms. The van der Waals surface area contributed by atoms with E-state index in [2.05, 4.69) is 4.98 Å². The maximum Gasteiger partial charge on any atom is 0.266 e. The number of hydrogen-bond acceptors (Lipinski definition) is 4. The normalized spacial score (nSPS) is 14.3. The van der Waals surface area contributed by atoms with E-state index in [1.807, 2.05) is 37.3 Å². The van der Waals surface area contributed by atoms with E-state index in [0.717, 1.165) is 24.2 Å². The number of hydrogen-bond donors (Lipinski definition) is 1. The van der Waals surface area contributed by atoms with Crippen LogP contribution in [0.4, 0.5) is 0 Å². The topological polar surface area (TPSA) is 75.1 Å². The van der Waals surface area contributed by atoms with Crippen LogP contribution in [0.15, 0.2) is 29.1 Å². The molecule has 1 heterocycles. The van der Waals surface area contributed by atoms with E-state index in [9.17, 15) is 10.1 Å². The number of nitriles is 1. The first-order valence-corrected chi connectivity index (χ1v) is 8.70. The first-order valence-electron chi connectivity index (χ1n) is 8.70. The van der Waals surface area contributed by atoms with Crippen molar-refractivity contribution in [3.63, 3.8) is 0 Å². The molecule has 0 bridgehead atoms. The summed E-state index contributed by atoms with van der Waals surface area (Å²) in [5.41, 5.74) is 1.83. The van der Waals surface area contributed by atoms with Gasteiger partial charge in [-0.05, 0) is 63.3 Å². The SMILES string of the molecule is CCOc1cc(-c2cc(C)[nH]c(=O)c2C#N)ccc1OC1CCCC1. The Balaban J connectivity index is 2.02. The lowest BCUT2D eigenvalue weighted by molar-refractivity contribution is 0.197. The van der Waals surface area contributed by atoms with Crippen molar-refractivity contribution in [2.45, 2.75) is 45.6 Å². The Hall–Kier alpha value is -2.74. The van der Waals surface area contributed by atoms with Crippen molar-refractivity contribution in [3.05, 3.63) is 45.9 Å². The average Bonchev–Trinajstić information content (AvgIpc) is 3.09. The molecular formula is C20H22N2O3. The monoisotopic (exact) mass is 338 g/mol. The second-order valence-corrected chi connectivity index (χ2v) is 6.30. The average molecular weight is 338 g/mol. The fourth-order valence-corrected chi connectivity index (χ4v) is 3.25. The Bertz CT molecular complexity index is 858. The second-order valence-electron chi connectivity index (χ2n) is 6.30. The molecule has 0 radical (unpaired) electrons. The van der Waals surface area contributed by atoms with Crippen LogP contribution in [0.5, 0.6) is 11.5 Å². The van der Waals surface area contributed by atoms with Crippen molar-refractivity contribution in [3.8, 4) is 28.7 Å². The van der Waals surface area contributed by atoms with Crippen LogP contribution in [-0.4, -0.2) is 17.7 Å². The quantitative estimate of drug-likeness (QED) is 0.896. The van der Waals surface area contributed by atoms with Crippen molar-refractivity contribution in [2.75, 3.05) is 6.61 Å². The molecule has 25 heavy (non-hydrogen) atoms. The van der Waals surface area contributed by atoms with Gasteiger partial charge in [0.1, 0.15) is 11.6 Å². The van der Waals surface area contributed by atoms with E-state index in [1.54, 1.807) is 6.92 Å². The molecule has 1 aliphatic carbocycles. The van der Waals surface area contributed by atoms with Crippen LogP contribution >= 0.6 is 0 Å². The number of benzene rings is 1. The summed E-state index contributed by atoms with van der Waals surface area (Å²) in [6, 6.07) is 9.40. The molecule has 1 aliphatic rings. The third kappa shape index (κ3) is 3.69. The molecule has 1 N–H and O–H groups in total. The number of aryl methyl sites for hydroxylation is 1. The molecular weight excluding hydrogens is 316 g/mol. The lowest BCUT2D eigenvalue weighted by Crippen LogP contribution is -2.13. The molecule has 130 valence electrons.